The highest BCUT2D eigenvalue weighted by atomic mass is 16.2. The summed E-state index contributed by atoms with van der Waals surface area (Å²) < 4.78 is 0. The highest BCUT2D eigenvalue weighted by Gasteiger charge is 2.29. The van der Waals surface area contributed by atoms with Crippen molar-refractivity contribution in [2.45, 2.75) is 33.1 Å². The van der Waals surface area contributed by atoms with Crippen LogP contribution in [0.5, 0.6) is 0 Å². The van der Waals surface area contributed by atoms with Crippen molar-refractivity contribution in [2.75, 3.05) is 6.54 Å². The molecule has 2 aromatic rings. The number of hydrogen-bond acceptors (Lipinski definition) is 1. The van der Waals surface area contributed by atoms with E-state index in [1.165, 1.54) is 11.1 Å². The highest BCUT2D eigenvalue weighted by molar-refractivity contribution is 5.87. The third-order valence-electron chi connectivity index (χ3n) is 3.95. The van der Waals surface area contributed by atoms with Gasteiger partial charge in [0.2, 0.25) is 5.91 Å². The zero-order valence-electron chi connectivity index (χ0n) is 13.9. The number of amides is 1. The number of rotatable bonds is 5. The summed E-state index contributed by atoms with van der Waals surface area (Å²) in [5, 5.41) is 3.03. The predicted octanol–water partition coefficient (Wildman–Crippen LogP) is 4.40. The van der Waals surface area contributed by atoms with Crippen molar-refractivity contribution in [3.63, 3.8) is 0 Å². The fourth-order valence-corrected chi connectivity index (χ4v) is 2.36. The Morgan fingerprint density at radius 1 is 0.955 bits per heavy atom. The van der Waals surface area contributed by atoms with Crippen LogP contribution in [-0.4, -0.2) is 12.5 Å². The lowest BCUT2D eigenvalue weighted by Crippen LogP contribution is -2.41. The first-order valence-corrected chi connectivity index (χ1v) is 7.85. The van der Waals surface area contributed by atoms with Crippen molar-refractivity contribution in [3.8, 4) is 11.1 Å². The number of benzene rings is 2. The van der Waals surface area contributed by atoms with E-state index in [2.05, 4.69) is 55.6 Å². The monoisotopic (exact) mass is 295 g/mol. The van der Waals surface area contributed by atoms with E-state index in [0.717, 1.165) is 5.56 Å². The van der Waals surface area contributed by atoms with E-state index in [0.29, 0.717) is 12.5 Å². The van der Waals surface area contributed by atoms with Crippen LogP contribution in [0.1, 0.15) is 33.3 Å². The normalized spacial score (nSPS) is 11.5. The third kappa shape index (κ3) is 3.76. The minimum absolute atomic E-state index is 0.0775. The number of nitrogens with one attached hydrogen (secondary N) is 1. The fraction of sp³-hybridized carbons (Fsp3) is 0.350. The molecule has 0 unspecified atom stereocenters. The van der Waals surface area contributed by atoms with E-state index in [-0.39, 0.29) is 5.91 Å². The van der Waals surface area contributed by atoms with E-state index < -0.39 is 5.41 Å². The molecule has 1 amide bonds. The highest BCUT2D eigenvalue weighted by Crippen LogP contribution is 2.27. The summed E-state index contributed by atoms with van der Waals surface area (Å²) in [7, 11) is 0. The van der Waals surface area contributed by atoms with Gasteiger partial charge in [-0.1, -0.05) is 68.4 Å². The third-order valence-corrected chi connectivity index (χ3v) is 3.95. The van der Waals surface area contributed by atoms with Crippen LogP contribution in [0, 0.1) is 5.92 Å². The molecule has 0 aromatic heterocycles. The van der Waals surface area contributed by atoms with Crippen molar-refractivity contribution >= 4 is 5.91 Å². The van der Waals surface area contributed by atoms with E-state index in [4.69, 9.17) is 0 Å². The summed E-state index contributed by atoms with van der Waals surface area (Å²) in [4.78, 5) is 12.4. The van der Waals surface area contributed by atoms with Gasteiger partial charge in [0.25, 0.3) is 0 Å². The quantitative estimate of drug-likeness (QED) is 0.870. The molecule has 116 valence electrons. The zero-order valence-corrected chi connectivity index (χ0v) is 13.9. The molecule has 0 saturated heterocycles. The molecular formula is C20H25NO. The van der Waals surface area contributed by atoms with Gasteiger partial charge in [0.15, 0.2) is 0 Å². The summed E-state index contributed by atoms with van der Waals surface area (Å²) in [5.74, 6) is 0.536. The van der Waals surface area contributed by atoms with Gasteiger partial charge in [0, 0.05) is 6.54 Å². The lowest BCUT2D eigenvalue weighted by molar-refractivity contribution is -0.125. The average molecular weight is 295 g/mol. The molecule has 0 aliphatic rings. The first kappa shape index (κ1) is 16.3. The van der Waals surface area contributed by atoms with E-state index in [9.17, 15) is 4.79 Å². The molecule has 2 rings (SSSR count). The molecule has 0 aliphatic heterocycles. The first-order chi connectivity index (χ1) is 10.4. The van der Waals surface area contributed by atoms with E-state index in [1.807, 2.05) is 32.0 Å². The van der Waals surface area contributed by atoms with Gasteiger partial charge < -0.3 is 5.32 Å². The van der Waals surface area contributed by atoms with Gasteiger partial charge in [0.05, 0.1) is 5.41 Å². The Morgan fingerprint density at radius 2 is 1.50 bits per heavy atom. The maximum absolute atomic E-state index is 12.4. The molecule has 0 aliphatic carbocycles. The van der Waals surface area contributed by atoms with Gasteiger partial charge in [0.1, 0.15) is 0 Å². The second-order valence-corrected chi connectivity index (χ2v) is 6.67. The molecule has 1 N–H and O–H groups in total. The van der Waals surface area contributed by atoms with Crippen molar-refractivity contribution in [1.29, 1.82) is 0 Å². The van der Waals surface area contributed by atoms with Crippen molar-refractivity contribution < 1.29 is 4.79 Å². The maximum Gasteiger partial charge on any atom is 0.230 e. The topological polar surface area (TPSA) is 29.1 Å². The molecule has 0 heterocycles. The Labute approximate surface area is 133 Å². The molecule has 2 aromatic carbocycles. The number of carbonyl (C=O) groups excluding carboxylic acids is 1. The van der Waals surface area contributed by atoms with Crippen LogP contribution in [0.4, 0.5) is 0 Å². The molecule has 2 heteroatoms. The van der Waals surface area contributed by atoms with E-state index >= 15 is 0 Å². The molecule has 0 spiro atoms. The number of hydrogen-bond donors (Lipinski definition) is 1. The van der Waals surface area contributed by atoms with Gasteiger partial charge in [-0.15, -0.1) is 0 Å². The summed E-state index contributed by atoms with van der Waals surface area (Å²) in [5.41, 5.74) is 2.87. The Bertz CT molecular complexity index is 612. The van der Waals surface area contributed by atoms with Gasteiger partial charge in [-0.25, -0.2) is 0 Å². The average Bonchev–Trinajstić information content (AvgIpc) is 2.53. The maximum atomic E-state index is 12.4. The van der Waals surface area contributed by atoms with Gasteiger partial charge >= 0.3 is 0 Å². The second-order valence-electron chi connectivity index (χ2n) is 6.67. The molecule has 2 nitrogen and oxygen atoms in total. The Morgan fingerprint density at radius 3 is 2.05 bits per heavy atom. The predicted molar refractivity (Wildman–Crippen MR) is 92.8 cm³/mol. The lowest BCUT2D eigenvalue weighted by atomic mass is 9.83. The standard InChI is InChI=1S/C20H25NO/c1-15(2)14-21-19(22)20(3,4)18-12-10-17(11-13-18)16-8-6-5-7-9-16/h5-13,15H,14H2,1-4H3,(H,21,22). The minimum Gasteiger partial charge on any atom is -0.355 e. The van der Waals surface area contributed by atoms with Crippen LogP contribution in [0.2, 0.25) is 0 Å². The van der Waals surface area contributed by atoms with Crippen molar-refractivity contribution in [3.05, 3.63) is 60.2 Å². The van der Waals surface area contributed by atoms with Crippen LogP contribution in [0.3, 0.4) is 0 Å². The smallest absolute Gasteiger partial charge is 0.230 e. The van der Waals surface area contributed by atoms with Crippen LogP contribution in [0.25, 0.3) is 11.1 Å². The molecule has 0 saturated carbocycles. The summed E-state index contributed by atoms with van der Waals surface area (Å²) >= 11 is 0. The molecule has 22 heavy (non-hydrogen) atoms. The molecule has 0 atom stereocenters. The van der Waals surface area contributed by atoms with Gasteiger partial charge in [-0.05, 0) is 36.5 Å². The van der Waals surface area contributed by atoms with Crippen molar-refractivity contribution in [2.24, 2.45) is 5.92 Å². The Hall–Kier alpha value is -2.09. The summed E-state index contributed by atoms with van der Waals surface area (Å²) in [6, 6.07) is 18.5. The SMILES string of the molecule is CC(C)CNC(=O)C(C)(C)c1ccc(-c2ccccc2)cc1. The lowest BCUT2D eigenvalue weighted by Gasteiger charge is -2.25. The van der Waals surface area contributed by atoms with Crippen LogP contribution >= 0.6 is 0 Å². The van der Waals surface area contributed by atoms with Crippen LogP contribution in [0.15, 0.2) is 54.6 Å². The van der Waals surface area contributed by atoms with Gasteiger partial charge in [-0.2, -0.15) is 0 Å². The van der Waals surface area contributed by atoms with Crippen LogP contribution < -0.4 is 5.32 Å². The molecule has 0 radical (unpaired) electrons. The minimum atomic E-state index is -0.524. The van der Waals surface area contributed by atoms with Crippen molar-refractivity contribution in [1.82, 2.24) is 5.32 Å². The summed E-state index contributed by atoms with van der Waals surface area (Å²) in [6.07, 6.45) is 0. The molecular weight excluding hydrogens is 270 g/mol. The fourth-order valence-electron chi connectivity index (χ4n) is 2.36. The number of carbonyl (C=O) groups is 1. The zero-order chi connectivity index (χ0) is 16.2. The Balaban J connectivity index is 2.17. The summed E-state index contributed by atoms with van der Waals surface area (Å²) in [6.45, 7) is 8.86. The van der Waals surface area contributed by atoms with Crippen LogP contribution in [-0.2, 0) is 10.2 Å². The first-order valence-electron chi connectivity index (χ1n) is 7.85. The Kier molecular flexibility index (Phi) is 5.02. The van der Waals surface area contributed by atoms with E-state index in [1.54, 1.807) is 0 Å². The second kappa shape index (κ2) is 6.78. The largest absolute Gasteiger partial charge is 0.355 e. The molecule has 0 bridgehead atoms. The van der Waals surface area contributed by atoms with Gasteiger partial charge in [-0.3, -0.25) is 4.79 Å². The molecule has 0 fully saturated rings.